The molecule has 1 aliphatic heterocycles. The second kappa shape index (κ2) is 6.54. The van der Waals surface area contributed by atoms with Gasteiger partial charge in [0.25, 0.3) is 0 Å². The average molecular weight is 390 g/mol. The molecule has 1 saturated carbocycles. The third-order valence-electron chi connectivity index (χ3n) is 5.31. The van der Waals surface area contributed by atoms with Crippen molar-refractivity contribution in [1.29, 1.82) is 0 Å². The van der Waals surface area contributed by atoms with Crippen molar-refractivity contribution in [2.24, 2.45) is 0 Å². The van der Waals surface area contributed by atoms with Crippen molar-refractivity contribution in [1.82, 2.24) is 0 Å². The Morgan fingerprint density at radius 2 is 1.75 bits per heavy atom. The normalized spacial score (nSPS) is 19.0. The van der Waals surface area contributed by atoms with Crippen molar-refractivity contribution in [2.45, 2.75) is 37.0 Å². The van der Waals surface area contributed by atoms with Crippen molar-refractivity contribution in [2.75, 3.05) is 10.6 Å². The van der Waals surface area contributed by atoms with Crippen LogP contribution >= 0.6 is 0 Å². The summed E-state index contributed by atoms with van der Waals surface area (Å²) in [5.41, 5.74) is -0.843. The van der Waals surface area contributed by atoms with Gasteiger partial charge in [0.1, 0.15) is 11.6 Å². The topological polar surface area (TPSA) is 67.4 Å². The van der Waals surface area contributed by atoms with Crippen molar-refractivity contribution in [3.8, 4) is 5.75 Å². The number of hydrogen-bond donors (Lipinski definition) is 2. The number of carbonyl (C=O) groups is 2. The van der Waals surface area contributed by atoms with Crippen LogP contribution in [0.15, 0.2) is 42.5 Å². The molecule has 5 nitrogen and oxygen atoms in total. The molecule has 2 aromatic rings. The number of halogens is 3. The summed E-state index contributed by atoms with van der Waals surface area (Å²) in [6, 6.07) is 10.8. The molecule has 1 heterocycles. The highest BCUT2D eigenvalue weighted by Crippen LogP contribution is 2.52. The maximum Gasteiger partial charge on any atom is 0.417 e. The number of ether oxygens (including phenoxy) is 1. The summed E-state index contributed by atoms with van der Waals surface area (Å²) in [5.74, 6) is -3.75. The Kier molecular flexibility index (Phi) is 4.28. The van der Waals surface area contributed by atoms with E-state index in [9.17, 15) is 22.8 Å². The number of rotatable bonds is 2. The lowest BCUT2D eigenvalue weighted by molar-refractivity contribution is -0.125. The first kappa shape index (κ1) is 18.3. The van der Waals surface area contributed by atoms with Gasteiger partial charge in [-0.1, -0.05) is 18.2 Å². The second-order valence-corrected chi connectivity index (χ2v) is 7.10. The third kappa shape index (κ3) is 3.19. The lowest BCUT2D eigenvalue weighted by atomic mass is 9.69. The molecule has 0 saturated heterocycles. The first-order chi connectivity index (χ1) is 13.3. The van der Waals surface area contributed by atoms with E-state index in [1.807, 2.05) is 0 Å². The zero-order valence-corrected chi connectivity index (χ0v) is 14.7. The van der Waals surface area contributed by atoms with E-state index in [0.717, 1.165) is 6.07 Å². The molecular formula is C20H17F3N2O3. The zero-order valence-electron chi connectivity index (χ0n) is 14.7. The Hall–Kier alpha value is -3.03. The molecule has 2 aromatic carbocycles. The van der Waals surface area contributed by atoms with Crippen LogP contribution in [0.5, 0.6) is 5.75 Å². The Morgan fingerprint density at radius 3 is 2.43 bits per heavy atom. The van der Waals surface area contributed by atoms with Crippen molar-refractivity contribution >= 4 is 23.4 Å². The van der Waals surface area contributed by atoms with E-state index in [1.165, 1.54) is 6.07 Å². The van der Waals surface area contributed by atoms with Gasteiger partial charge in [-0.25, -0.2) is 18.0 Å². The predicted molar refractivity (Wildman–Crippen MR) is 96.2 cm³/mol. The lowest BCUT2D eigenvalue weighted by Gasteiger charge is -2.35. The van der Waals surface area contributed by atoms with Gasteiger partial charge in [0.05, 0.1) is 11.1 Å². The average Bonchev–Trinajstić information content (AvgIpc) is 2.91. The van der Waals surface area contributed by atoms with E-state index in [2.05, 4.69) is 10.6 Å². The van der Waals surface area contributed by atoms with Crippen LogP contribution in [-0.2, 0) is 10.2 Å². The summed E-state index contributed by atoms with van der Waals surface area (Å²) in [6.45, 7) is 0. The molecule has 1 fully saturated rings. The summed E-state index contributed by atoms with van der Waals surface area (Å²) >= 11 is 0. The van der Waals surface area contributed by atoms with E-state index >= 15 is 0 Å². The molecule has 146 valence electrons. The quantitative estimate of drug-likeness (QED) is 0.771. The highest BCUT2D eigenvalue weighted by Gasteiger charge is 2.53. The highest BCUT2D eigenvalue weighted by atomic mass is 19.3. The molecule has 0 bridgehead atoms. The van der Waals surface area contributed by atoms with Gasteiger partial charge in [0, 0.05) is 18.5 Å². The molecule has 1 spiro atoms. The molecule has 4 rings (SSSR count). The van der Waals surface area contributed by atoms with Gasteiger partial charge in [-0.15, -0.1) is 0 Å². The van der Waals surface area contributed by atoms with Gasteiger partial charge in [-0.05, 0) is 42.7 Å². The molecule has 0 aromatic heterocycles. The van der Waals surface area contributed by atoms with Gasteiger partial charge in [-0.3, -0.25) is 10.1 Å². The number of hydrogen-bond acceptors (Lipinski definition) is 3. The molecular weight excluding hydrogens is 373 g/mol. The molecule has 2 N–H and O–H groups in total. The zero-order chi connectivity index (χ0) is 19.9. The lowest BCUT2D eigenvalue weighted by Crippen LogP contribution is -2.41. The van der Waals surface area contributed by atoms with Crippen molar-refractivity contribution in [3.63, 3.8) is 0 Å². The smallest absolute Gasteiger partial charge is 0.410 e. The maximum absolute atomic E-state index is 14.5. The van der Waals surface area contributed by atoms with Gasteiger partial charge < -0.3 is 10.1 Å². The Balaban J connectivity index is 1.60. The fraction of sp³-hybridized carbons (Fsp3) is 0.300. The van der Waals surface area contributed by atoms with E-state index < -0.39 is 42.0 Å². The number of carbonyl (C=O) groups excluding carboxylic acids is 2. The Bertz CT molecular complexity index is 937. The number of amides is 2. The summed E-state index contributed by atoms with van der Waals surface area (Å²) in [4.78, 5) is 24.6. The number of anilines is 2. The van der Waals surface area contributed by atoms with E-state index in [1.54, 1.807) is 30.3 Å². The Morgan fingerprint density at radius 1 is 1.07 bits per heavy atom. The molecule has 2 amide bonds. The van der Waals surface area contributed by atoms with Crippen LogP contribution in [0, 0.1) is 5.82 Å². The van der Waals surface area contributed by atoms with Crippen LogP contribution in [0.25, 0.3) is 0 Å². The Labute approximate surface area is 158 Å². The molecule has 8 heteroatoms. The number of benzene rings is 2. The number of fused-ring (bicyclic) bond motifs is 2. The first-order valence-electron chi connectivity index (χ1n) is 8.86. The third-order valence-corrected chi connectivity index (χ3v) is 5.31. The van der Waals surface area contributed by atoms with E-state index in [-0.39, 0.29) is 24.2 Å². The number of para-hydroxylation sites is 1. The van der Waals surface area contributed by atoms with Crippen molar-refractivity contribution in [3.05, 3.63) is 53.8 Å². The predicted octanol–water partition coefficient (Wildman–Crippen LogP) is 4.84. The van der Waals surface area contributed by atoms with Crippen LogP contribution in [0.4, 0.5) is 29.3 Å². The molecule has 28 heavy (non-hydrogen) atoms. The minimum Gasteiger partial charge on any atom is -0.410 e. The molecule has 2 aliphatic rings. The van der Waals surface area contributed by atoms with Crippen LogP contribution in [0.1, 0.15) is 31.2 Å². The first-order valence-corrected chi connectivity index (χ1v) is 8.86. The minimum absolute atomic E-state index is 0.0165. The number of nitrogens with one attached hydrogen (secondary N) is 2. The monoisotopic (exact) mass is 390 g/mol. The second-order valence-electron chi connectivity index (χ2n) is 7.10. The number of alkyl halides is 2. The van der Waals surface area contributed by atoms with Gasteiger partial charge in [0.15, 0.2) is 0 Å². The van der Waals surface area contributed by atoms with Gasteiger partial charge in [0.2, 0.25) is 11.8 Å². The van der Waals surface area contributed by atoms with E-state index in [4.69, 9.17) is 4.74 Å². The van der Waals surface area contributed by atoms with Crippen LogP contribution in [0.3, 0.4) is 0 Å². The molecule has 1 aliphatic carbocycles. The molecule has 0 atom stereocenters. The van der Waals surface area contributed by atoms with Gasteiger partial charge >= 0.3 is 6.09 Å². The fourth-order valence-corrected chi connectivity index (χ4v) is 3.82. The van der Waals surface area contributed by atoms with Crippen LogP contribution < -0.4 is 15.4 Å². The summed E-state index contributed by atoms with van der Waals surface area (Å²) in [6.07, 6.45) is -1.90. The van der Waals surface area contributed by atoms with Crippen LogP contribution in [0.2, 0.25) is 0 Å². The van der Waals surface area contributed by atoms with Crippen LogP contribution in [-0.4, -0.2) is 17.9 Å². The fourth-order valence-electron chi connectivity index (χ4n) is 3.82. The molecule has 0 radical (unpaired) electrons. The summed E-state index contributed by atoms with van der Waals surface area (Å²) in [5, 5.41) is 4.90. The largest absolute Gasteiger partial charge is 0.417 e. The molecule has 0 unspecified atom stereocenters. The standard InChI is InChI=1S/C20H17F3N2O3/c21-15-11-12(24-18(27)28-13-4-2-1-3-5-13)10-14-16(15)25-17(26)19(14)6-8-20(22,23)9-7-19/h1-5,10-11H,6-9H2,(H,24,27)(H,25,26). The highest BCUT2D eigenvalue weighted by molar-refractivity contribution is 6.07. The van der Waals surface area contributed by atoms with Gasteiger partial charge in [-0.2, -0.15) is 0 Å². The summed E-state index contributed by atoms with van der Waals surface area (Å²) < 4.78 is 46.9. The SMILES string of the molecule is O=C(Nc1cc(F)c2c(c1)C1(CCC(F)(F)CC1)C(=O)N2)Oc1ccccc1. The minimum atomic E-state index is -2.83. The van der Waals surface area contributed by atoms with Crippen molar-refractivity contribution < 1.29 is 27.5 Å². The van der Waals surface area contributed by atoms with E-state index in [0.29, 0.717) is 11.3 Å². The summed E-state index contributed by atoms with van der Waals surface area (Å²) in [7, 11) is 0. The maximum atomic E-state index is 14.5.